The first-order valence-corrected chi connectivity index (χ1v) is 12.6. The largest absolute Gasteiger partial charge is 0.444 e. The van der Waals surface area contributed by atoms with Crippen LogP contribution in [0.2, 0.25) is 0 Å². The molecule has 2 amide bonds. The van der Waals surface area contributed by atoms with E-state index in [0.717, 1.165) is 6.07 Å². The van der Waals surface area contributed by atoms with Crippen LogP contribution < -0.4 is 26.6 Å². The van der Waals surface area contributed by atoms with Crippen LogP contribution in [0.3, 0.4) is 0 Å². The Bertz CT molecular complexity index is 1200. The highest BCUT2D eigenvalue weighted by molar-refractivity contribution is 5.98. The molecule has 2 aliphatic heterocycles. The van der Waals surface area contributed by atoms with Crippen molar-refractivity contribution in [1.82, 2.24) is 15.3 Å². The van der Waals surface area contributed by atoms with Gasteiger partial charge in [-0.05, 0) is 33.3 Å². The molecule has 0 spiro atoms. The molecule has 14 heteroatoms. The number of halogens is 2. The SMILES string of the molecule is CC(C)(C)OC(=O)N[C@H]1COCC[C@H]1Nc1nc(Nc2cnc(N3CCOCC3)c(F)c2)c(C(N)=O)cc1F. The van der Waals surface area contributed by atoms with Crippen LogP contribution in [0.25, 0.3) is 0 Å². The molecule has 0 aromatic carbocycles. The maximum atomic E-state index is 15.0. The van der Waals surface area contributed by atoms with Crippen molar-refractivity contribution in [3.8, 4) is 0 Å². The summed E-state index contributed by atoms with van der Waals surface area (Å²) in [5.74, 6) is -2.44. The summed E-state index contributed by atoms with van der Waals surface area (Å²) in [6.07, 6.45) is 1.18. The van der Waals surface area contributed by atoms with Gasteiger partial charge in [-0.3, -0.25) is 4.79 Å². The number of pyridine rings is 2. The molecule has 0 radical (unpaired) electrons. The number of aromatic nitrogens is 2. The lowest BCUT2D eigenvalue weighted by Crippen LogP contribution is -2.53. The molecule has 12 nitrogen and oxygen atoms in total. The number of ether oxygens (including phenoxy) is 3. The van der Waals surface area contributed by atoms with Crippen LogP contribution in [0.5, 0.6) is 0 Å². The fourth-order valence-corrected chi connectivity index (χ4v) is 4.20. The first-order chi connectivity index (χ1) is 18.5. The van der Waals surface area contributed by atoms with Gasteiger partial charge in [0.25, 0.3) is 5.91 Å². The van der Waals surface area contributed by atoms with E-state index in [-0.39, 0.29) is 35.3 Å². The monoisotopic (exact) mass is 549 g/mol. The Morgan fingerprint density at radius 1 is 1.08 bits per heavy atom. The molecule has 0 bridgehead atoms. The fourth-order valence-electron chi connectivity index (χ4n) is 4.20. The molecule has 2 fully saturated rings. The van der Waals surface area contributed by atoms with E-state index in [0.29, 0.717) is 39.3 Å². The number of nitrogens with one attached hydrogen (secondary N) is 3. The summed E-state index contributed by atoms with van der Waals surface area (Å²) in [6, 6.07) is 1.14. The molecular weight excluding hydrogens is 516 g/mol. The zero-order chi connectivity index (χ0) is 28.2. The number of primary amides is 1. The maximum Gasteiger partial charge on any atom is 0.408 e. The molecule has 212 valence electrons. The quantitative estimate of drug-likeness (QED) is 0.405. The topological polar surface area (TPSA) is 153 Å². The van der Waals surface area contributed by atoms with Crippen LogP contribution in [0.4, 0.5) is 36.7 Å². The third-order valence-electron chi connectivity index (χ3n) is 6.02. The van der Waals surface area contributed by atoms with Crippen LogP contribution in [0, 0.1) is 11.6 Å². The number of amides is 2. The second kappa shape index (κ2) is 11.9. The van der Waals surface area contributed by atoms with E-state index in [1.165, 1.54) is 12.3 Å². The minimum absolute atomic E-state index is 0.0876. The van der Waals surface area contributed by atoms with E-state index < -0.39 is 41.3 Å². The number of nitrogens with zero attached hydrogens (tertiary/aromatic N) is 3. The van der Waals surface area contributed by atoms with E-state index in [4.69, 9.17) is 19.9 Å². The van der Waals surface area contributed by atoms with Crippen LogP contribution >= 0.6 is 0 Å². The molecule has 2 saturated heterocycles. The fraction of sp³-hybridized carbons (Fsp3) is 0.520. The molecule has 39 heavy (non-hydrogen) atoms. The minimum atomic E-state index is -0.927. The molecule has 2 aliphatic rings. The summed E-state index contributed by atoms with van der Waals surface area (Å²) in [4.78, 5) is 34.6. The highest BCUT2D eigenvalue weighted by Crippen LogP contribution is 2.27. The Morgan fingerprint density at radius 2 is 1.82 bits per heavy atom. The zero-order valence-corrected chi connectivity index (χ0v) is 22.1. The molecule has 5 N–H and O–H groups in total. The smallest absolute Gasteiger partial charge is 0.408 e. The molecule has 0 aliphatic carbocycles. The average Bonchev–Trinajstić information content (AvgIpc) is 2.86. The lowest BCUT2D eigenvalue weighted by Gasteiger charge is -2.33. The summed E-state index contributed by atoms with van der Waals surface area (Å²) >= 11 is 0. The molecule has 0 unspecified atom stereocenters. The molecule has 0 saturated carbocycles. The Hall–Kier alpha value is -3.78. The molecule has 4 heterocycles. The highest BCUT2D eigenvalue weighted by Gasteiger charge is 2.30. The van der Waals surface area contributed by atoms with Gasteiger partial charge in [0, 0.05) is 25.8 Å². The van der Waals surface area contributed by atoms with Crippen LogP contribution in [0.15, 0.2) is 18.3 Å². The second-order valence-corrected chi connectivity index (χ2v) is 10.2. The van der Waals surface area contributed by atoms with Gasteiger partial charge >= 0.3 is 6.09 Å². The van der Waals surface area contributed by atoms with E-state index in [2.05, 4.69) is 25.9 Å². The lowest BCUT2D eigenvalue weighted by molar-refractivity contribution is 0.0317. The highest BCUT2D eigenvalue weighted by atomic mass is 19.1. The van der Waals surface area contributed by atoms with Crippen molar-refractivity contribution in [2.75, 3.05) is 55.1 Å². The first kappa shape index (κ1) is 28.2. The predicted octanol–water partition coefficient (Wildman–Crippen LogP) is 2.53. The van der Waals surface area contributed by atoms with Crippen molar-refractivity contribution in [3.05, 3.63) is 35.5 Å². The number of alkyl carbamates (subject to hydrolysis) is 1. The van der Waals surface area contributed by atoms with Gasteiger partial charge in [-0.2, -0.15) is 0 Å². The minimum Gasteiger partial charge on any atom is -0.444 e. The Morgan fingerprint density at radius 3 is 2.49 bits per heavy atom. The van der Waals surface area contributed by atoms with Gasteiger partial charge in [-0.15, -0.1) is 0 Å². The van der Waals surface area contributed by atoms with Crippen molar-refractivity contribution in [2.45, 2.75) is 44.9 Å². The number of rotatable bonds is 7. The molecular formula is C25H33F2N7O5. The average molecular weight is 550 g/mol. The van der Waals surface area contributed by atoms with Gasteiger partial charge in [0.2, 0.25) is 0 Å². The Balaban J connectivity index is 1.54. The normalized spacial score (nSPS) is 19.8. The van der Waals surface area contributed by atoms with Crippen molar-refractivity contribution in [1.29, 1.82) is 0 Å². The van der Waals surface area contributed by atoms with Gasteiger partial charge in [0.1, 0.15) is 11.4 Å². The number of carbonyl (C=O) groups excluding carboxylic acids is 2. The Kier molecular flexibility index (Phi) is 8.65. The van der Waals surface area contributed by atoms with Gasteiger partial charge in [0.15, 0.2) is 23.3 Å². The number of hydrogen-bond donors (Lipinski definition) is 4. The lowest BCUT2D eigenvalue weighted by atomic mass is 10.0. The number of anilines is 4. The molecule has 2 atom stereocenters. The first-order valence-electron chi connectivity index (χ1n) is 12.6. The van der Waals surface area contributed by atoms with Gasteiger partial charge < -0.3 is 40.8 Å². The van der Waals surface area contributed by atoms with Crippen molar-refractivity contribution < 1.29 is 32.6 Å². The van der Waals surface area contributed by atoms with Crippen molar-refractivity contribution in [3.63, 3.8) is 0 Å². The van der Waals surface area contributed by atoms with Crippen molar-refractivity contribution >= 4 is 35.1 Å². The van der Waals surface area contributed by atoms with Crippen LogP contribution in [-0.4, -0.2) is 79.2 Å². The van der Waals surface area contributed by atoms with E-state index in [1.54, 1.807) is 25.7 Å². The summed E-state index contributed by atoms with van der Waals surface area (Å²) in [7, 11) is 0. The van der Waals surface area contributed by atoms with E-state index in [1.807, 2.05) is 0 Å². The summed E-state index contributed by atoms with van der Waals surface area (Å²) in [5.41, 5.74) is 4.72. The molecule has 2 aromatic rings. The molecule has 4 rings (SSSR count). The second-order valence-electron chi connectivity index (χ2n) is 10.2. The van der Waals surface area contributed by atoms with E-state index >= 15 is 4.39 Å². The zero-order valence-electron chi connectivity index (χ0n) is 22.1. The van der Waals surface area contributed by atoms with Crippen molar-refractivity contribution in [2.24, 2.45) is 5.73 Å². The van der Waals surface area contributed by atoms with E-state index in [9.17, 15) is 14.0 Å². The Labute approximate surface area is 224 Å². The summed E-state index contributed by atoms with van der Waals surface area (Å²) in [6.45, 7) is 7.72. The van der Waals surface area contributed by atoms with Crippen LogP contribution in [0.1, 0.15) is 37.6 Å². The third-order valence-corrected chi connectivity index (χ3v) is 6.02. The maximum absolute atomic E-state index is 15.0. The summed E-state index contributed by atoms with van der Waals surface area (Å²) in [5, 5.41) is 8.54. The summed E-state index contributed by atoms with van der Waals surface area (Å²) < 4.78 is 46.0. The van der Waals surface area contributed by atoms with Gasteiger partial charge in [-0.1, -0.05) is 0 Å². The number of morpholine rings is 1. The standard InChI is InChI=1S/C25H33F2N7O5/c1-25(2,3)39-24(36)32-19-13-38-7-4-18(19)31-22-16(26)11-15(20(28)35)21(33-22)30-14-10-17(27)23(29-12-14)34-5-8-37-9-6-34/h10-12,18-19H,4-9,13H2,1-3H3,(H2,28,35)(H,32,36)(H2,30,31,33)/t18-,19+/m1/s1. The van der Waals surface area contributed by atoms with Gasteiger partial charge in [-0.25, -0.2) is 23.5 Å². The molecule has 2 aromatic heterocycles. The van der Waals surface area contributed by atoms with Crippen LogP contribution in [-0.2, 0) is 14.2 Å². The predicted molar refractivity (Wildman–Crippen MR) is 139 cm³/mol. The van der Waals surface area contributed by atoms with Gasteiger partial charge in [0.05, 0.1) is 49.4 Å². The third kappa shape index (κ3) is 7.41. The number of nitrogens with two attached hydrogens (primary N) is 1. The number of carbonyl (C=O) groups is 2. The number of hydrogen-bond acceptors (Lipinski definition) is 10.